The second-order valence-electron chi connectivity index (χ2n) is 6.04. The molecule has 2 aromatic carbocycles. The van der Waals surface area contributed by atoms with Gasteiger partial charge in [0.05, 0.1) is 27.5 Å². The molecule has 1 amide bonds. The van der Waals surface area contributed by atoms with Gasteiger partial charge >= 0.3 is 0 Å². The van der Waals surface area contributed by atoms with Crippen molar-refractivity contribution in [3.63, 3.8) is 0 Å². The number of carbonyl (C=O) groups is 1. The summed E-state index contributed by atoms with van der Waals surface area (Å²) in [5.41, 5.74) is 1.73. The minimum absolute atomic E-state index is 0.149. The summed E-state index contributed by atoms with van der Waals surface area (Å²) in [5, 5.41) is 3.58. The first-order chi connectivity index (χ1) is 12.1. The van der Waals surface area contributed by atoms with Crippen LogP contribution in [-0.4, -0.2) is 32.2 Å². The van der Waals surface area contributed by atoms with E-state index in [1.807, 2.05) is 6.92 Å². The quantitative estimate of drug-likeness (QED) is 0.781. The van der Waals surface area contributed by atoms with Crippen molar-refractivity contribution in [1.29, 1.82) is 0 Å². The Hall–Kier alpha value is -1.60. The van der Waals surface area contributed by atoms with Crippen LogP contribution in [0.2, 0.25) is 10.0 Å². The lowest BCUT2D eigenvalue weighted by Gasteiger charge is -2.19. The first-order valence-corrected chi connectivity index (χ1v) is 10.1. The van der Waals surface area contributed by atoms with Crippen molar-refractivity contribution in [2.24, 2.45) is 0 Å². The van der Waals surface area contributed by atoms with Gasteiger partial charge in [0, 0.05) is 7.05 Å². The van der Waals surface area contributed by atoms with E-state index in [4.69, 9.17) is 23.2 Å². The number of sulfonamides is 1. The number of amides is 1. The van der Waals surface area contributed by atoms with Gasteiger partial charge in [-0.2, -0.15) is 4.31 Å². The molecule has 2 rings (SSSR count). The minimum Gasteiger partial charge on any atom is -0.348 e. The normalized spacial score (nSPS) is 12.8. The number of benzene rings is 2. The van der Waals surface area contributed by atoms with Crippen LogP contribution in [0.25, 0.3) is 0 Å². The molecule has 8 heteroatoms. The molecule has 2 aromatic rings. The fraction of sp³-hybridized carbons (Fsp3) is 0.278. The number of aryl methyl sites for hydroxylation is 1. The number of nitrogens with zero attached hydrogens (tertiary/aromatic N) is 1. The van der Waals surface area contributed by atoms with E-state index in [0.717, 1.165) is 15.4 Å². The van der Waals surface area contributed by atoms with E-state index in [9.17, 15) is 13.2 Å². The monoisotopic (exact) mass is 414 g/mol. The van der Waals surface area contributed by atoms with Crippen LogP contribution in [0.1, 0.15) is 24.1 Å². The zero-order valence-electron chi connectivity index (χ0n) is 14.7. The van der Waals surface area contributed by atoms with Crippen LogP contribution in [-0.2, 0) is 14.8 Å². The highest BCUT2D eigenvalue weighted by molar-refractivity contribution is 7.89. The summed E-state index contributed by atoms with van der Waals surface area (Å²) in [5.74, 6) is -0.415. The average Bonchev–Trinajstić information content (AvgIpc) is 2.57. The van der Waals surface area contributed by atoms with Gasteiger partial charge in [0.1, 0.15) is 0 Å². The Balaban J connectivity index is 2.04. The second kappa shape index (κ2) is 8.39. The van der Waals surface area contributed by atoms with Gasteiger partial charge in [0.2, 0.25) is 15.9 Å². The maximum Gasteiger partial charge on any atom is 0.243 e. The molecule has 5 nitrogen and oxygen atoms in total. The summed E-state index contributed by atoms with van der Waals surface area (Å²) in [6, 6.07) is 11.2. The molecule has 26 heavy (non-hydrogen) atoms. The van der Waals surface area contributed by atoms with Crippen LogP contribution in [0.3, 0.4) is 0 Å². The van der Waals surface area contributed by atoms with Gasteiger partial charge in [-0.05, 0) is 43.7 Å². The van der Waals surface area contributed by atoms with Gasteiger partial charge in [0.15, 0.2) is 0 Å². The Morgan fingerprint density at radius 2 is 1.73 bits per heavy atom. The molecule has 1 atom stereocenters. The van der Waals surface area contributed by atoms with Crippen LogP contribution in [0.5, 0.6) is 0 Å². The number of nitrogens with one attached hydrogen (secondary N) is 1. The van der Waals surface area contributed by atoms with Gasteiger partial charge in [-0.3, -0.25) is 4.79 Å². The molecule has 0 aliphatic carbocycles. The maximum absolute atomic E-state index is 12.5. The third-order valence-electron chi connectivity index (χ3n) is 3.92. The average molecular weight is 415 g/mol. The smallest absolute Gasteiger partial charge is 0.243 e. The Morgan fingerprint density at radius 3 is 2.31 bits per heavy atom. The van der Waals surface area contributed by atoms with Gasteiger partial charge in [-0.15, -0.1) is 0 Å². The Bertz CT molecular complexity index is 899. The standard InChI is InChI=1S/C18H20Cl2N2O3S/c1-12-4-7-15(8-5-12)26(24,25)22(3)11-18(23)21-13(2)14-6-9-16(19)17(20)10-14/h4-10,13H,11H2,1-3H3,(H,21,23). The molecular weight excluding hydrogens is 395 g/mol. The first-order valence-electron chi connectivity index (χ1n) is 7.88. The lowest BCUT2D eigenvalue weighted by atomic mass is 10.1. The minimum atomic E-state index is -3.73. The third-order valence-corrected chi connectivity index (χ3v) is 6.47. The summed E-state index contributed by atoms with van der Waals surface area (Å²) in [4.78, 5) is 12.4. The number of rotatable bonds is 6. The van der Waals surface area contributed by atoms with Crippen LogP contribution in [0.4, 0.5) is 0 Å². The van der Waals surface area contributed by atoms with Gasteiger partial charge in [-0.1, -0.05) is 47.0 Å². The van der Waals surface area contributed by atoms with Gasteiger partial charge < -0.3 is 5.32 Å². The van der Waals surface area contributed by atoms with Crippen molar-refractivity contribution in [1.82, 2.24) is 9.62 Å². The molecule has 0 aromatic heterocycles. The Labute approximate surface area is 164 Å². The highest BCUT2D eigenvalue weighted by Crippen LogP contribution is 2.25. The van der Waals surface area contributed by atoms with Crippen LogP contribution in [0.15, 0.2) is 47.4 Å². The van der Waals surface area contributed by atoms with Crippen molar-refractivity contribution >= 4 is 39.1 Å². The topological polar surface area (TPSA) is 66.5 Å². The molecule has 0 radical (unpaired) electrons. The fourth-order valence-corrected chi connectivity index (χ4v) is 3.76. The number of carbonyl (C=O) groups excluding carboxylic acids is 1. The van der Waals surface area contributed by atoms with E-state index in [0.29, 0.717) is 10.0 Å². The van der Waals surface area contributed by atoms with E-state index < -0.39 is 15.9 Å². The lowest BCUT2D eigenvalue weighted by molar-refractivity contribution is -0.121. The maximum atomic E-state index is 12.5. The van der Waals surface area contributed by atoms with E-state index in [2.05, 4.69) is 5.32 Å². The van der Waals surface area contributed by atoms with Crippen LogP contribution in [0, 0.1) is 6.92 Å². The molecule has 0 aliphatic rings. The van der Waals surface area contributed by atoms with Crippen molar-refractivity contribution in [2.75, 3.05) is 13.6 Å². The summed E-state index contributed by atoms with van der Waals surface area (Å²) in [7, 11) is -2.36. The van der Waals surface area contributed by atoms with Crippen molar-refractivity contribution in [3.8, 4) is 0 Å². The summed E-state index contributed by atoms with van der Waals surface area (Å²) in [6.45, 7) is 3.37. The second-order valence-corrected chi connectivity index (χ2v) is 8.90. The SMILES string of the molecule is Cc1ccc(S(=O)(=O)N(C)CC(=O)NC(C)c2ccc(Cl)c(Cl)c2)cc1. The summed E-state index contributed by atoms with van der Waals surface area (Å²) in [6.07, 6.45) is 0. The number of likely N-dealkylation sites (N-methyl/N-ethyl adjacent to an activating group) is 1. The molecule has 0 bridgehead atoms. The molecule has 1 N–H and O–H groups in total. The molecular formula is C18H20Cl2N2O3S. The fourth-order valence-electron chi connectivity index (χ4n) is 2.33. The van der Waals surface area contributed by atoms with E-state index in [1.165, 1.54) is 19.2 Å². The van der Waals surface area contributed by atoms with E-state index >= 15 is 0 Å². The van der Waals surface area contributed by atoms with E-state index in [-0.39, 0.29) is 17.5 Å². The molecule has 0 fully saturated rings. The molecule has 0 spiro atoms. The summed E-state index contributed by atoms with van der Waals surface area (Å²) >= 11 is 11.9. The lowest BCUT2D eigenvalue weighted by Crippen LogP contribution is -2.39. The highest BCUT2D eigenvalue weighted by Gasteiger charge is 2.23. The molecule has 0 heterocycles. The molecule has 140 valence electrons. The molecule has 1 unspecified atom stereocenters. The number of halogens is 2. The van der Waals surface area contributed by atoms with Gasteiger partial charge in [-0.25, -0.2) is 8.42 Å². The molecule has 0 saturated carbocycles. The molecule has 0 saturated heterocycles. The van der Waals surface area contributed by atoms with Crippen LogP contribution >= 0.6 is 23.2 Å². The number of hydrogen-bond acceptors (Lipinski definition) is 3. The molecule has 0 aliphatic heterocycles. The predicted octanol–water partition coefficient (Wildman–Crippen LogP) is 3.80. The van der Waals surface area contributed by atoms with E-state index in [1.54, 1.807) is 37.3 Å². The van der Waals surface area contributed by atoms with Crippen molar-refractivity contribution in [2.45, 2.75) is 24.8 Å². The highest BCUT2D eigenvalue weighted by atomic mass is 35.5. The summed E-state index contributed by atoms with van der Waals surface area (Å²) < 4.78 is 26.1. The Kier molecular flexibility index (Phi) is 6.69. The predicted molar refractivity (Wildman–Crippen MR) is 104 cm³/mol. The van der Waals surface area contributed by atoms with Crippen molar-refractivity contribution < 1.29 is 13.2 Å². The van der Waals surface area contributed by atoms with Crippen LogP contribution < -0.4 is 5.32 Å². The van der Waals surface area contributed by atoms with Gasteiger partial charge in [0.25, 0.3) is 0 Å². The van der Waals surface area contributed by atoms with Crippen molar-refractivity contribution in [3.05, 3.63) is 63.6 Å². The number of hydrogen-bond donors (Lipinski definition) is 1. The zero-order chi connectivity index (χ0) is 19.5. The first kappa shape index (κ1) is 20.7. The zero-order valence-corrected chi connectivity index (χ0v) is 17.0. The largest absolute Gasteiger partial charge is 0.348 e. The third kappa shape index (κ3) is 4.98. The Morgan fingerprint density at radius 1 is 1.12 bits per heavy atom.